The van der Waals surface area contributed by atoms with Crippen LogP contribution in [0, 0.1) is 0 Å². The number of rotatable bonds is 5. The van der Waals surface area contributed by atoms with Crippen LogP contribution in [0.4, 0.5) is 0 Å². The second-order valence-electron chi connectivity index (χ2n) is 4.28. The van der Waals surface area contributed by atoms with Crippen molar-refractivity contribution in [3.05, 3.63) is 23.4 Å². The molecule has 0 aliphatic heterocycles. The van der Waals surface area contributed by atoms with Gasteiger partial charge in [0, 0.05) is 6.04 Å². The van der Waals surface area contributed by atoms with Gasteiger partial charge in [-0.05, 0) is 30.8 Å². The van der Waals surface area contributed by atoms with Crippen LogP contribution in [0.15, 0.2) is 22.0 Å². The lowest BCUT2D eigenvalue weighted by molar-refractivity contribution is 0.227. The van der Waals surface area contributed by atoms with Gasteiger partial charge in [0.2, 0.25) is 11.7 Å². The van der Waals surface area contributed by atoms with Crippen molar-refractivity contribution in [2.24, 2.45) is 0 Å². The summed E-state index contributed by atoms with van der Waals surface area (Å²) in [6, 6.07) is 4.74. The van der Waals surface area contributed by atoms with Crippen molar-refractivity contribution < 1.29 is 4.52 Å². The minimum atomic E-state index is 0.710. The molecule has 0 atom stereocenters. The van der Waals surface area contributed by atoms with E-state index in [4.69, 9.17) is 4.52 Å². The molecule has 0 unspecified atom stereocenters. The molecule has 0 aromatic carbocycles. The first-order valence-corrected chi connectivity index (χ1v) is 6.85. The first kappa shape index (κ1) is 10.9. The molecule has 90 valence electrons. The van der Waals surface area contributed by atoms with E-state index in [-0.39, 0.29) is 0 Å². The Morgan fingerprint density at radius 3 is 3.06 bits per heavy atom. The largest absolute Gasteiger partial charge is 0.338 e. The minimum absolute atomic E-state index is 0.710. The van der Waals surface area contributed by atoms with E-state index in [1.54, 1.807) is 11.3 Å². The van der Waals surface area contributed by atoms with Crippen molar-refractivity contribution >= 4 is 11.3 Å². The summed E-state index contributed by atoms with van der Waals surface area (Å²) in [4.78, 5) is 7.90. The van der Waals surface area contributed by atoms with Crippen LogP contribution in [0.2, 0.25) is 0 Å². The van der Waals surface area contributed by atoms with Crippen LogP contribution in [0.25, 0.3) is 10.7 Å². The number of thiophene rings is 1. The predicted octanol–water partition coefficient (Wildman–Crippen LogP) is 2.78. The van der Waals surface area contributed by atoms with E-state index in [1.165, 1.54) is 12.8 Å². The normalized spacial score (nSPS) is 15.6. The molecular weight excluding hydrogens is 234 g/mol. The van der Waals surface area contributed by atoms with Crippen molar-refractivity contribution in [3.63, 3.8) is 0 Å². The summed E-state index contributed by atoms with van der Waals surface area (Å²) >= 11 is 1.63. The van der Waals surface area contributed by atoms with E-state index < -0.39 is 0 Å². The maximum absolute atomic E-state index is 5.30. The topological polar surface area (TPSA) is 42.2 Å². The third-order valence-electron chi connectivity index (χ3n) is 3.02. The van der Waals surface area contributed by atoms with Gasteiger partial charge in [0.05, 0.1) is 11.4 Å². The Morgan fingerprint density at radius 2 is 2.41 bits per heavy atom. The molecule has 1 aliphatic carbocycles. The lowest BCUT2D eigenvalue weighted by Crippen LogP contribution is -2.25. The van der Waals surface area contributed by atoms with Crippen molar-refractivity contribution in [1.29, 1.82) is 0 Å². The van der Waals surface area contributed by atoms with Gasteiger partial charge in [0.25, 0.3) is 0 Å². The van der Waals surface area contributed by atoms with E-state index in [0.717, 1.165) is 29.9 Å². The average Bonchev–Trinajstić information content (AvgIpc) is 2.88. The zero-order valence-electron chi connectivity index (χ0n) is 9.80. The zero-order valence-corrected chi connectivity index (χ0v) is 10.6. The second-order valence-corrected chi connectivity index (χ2v) is 5.23. The van der Waals surface area contributed by atoms with Crippen LogP contribution in [0.3, 0.4) is 0 Å². The van der Waals surface area contributed by atoms with E-state index in [2.05, 4.69) is 22.0 Å². The standard InChI is InChI=1S/C12H15N3OS/c1-2-15(9-5-6-9)8-11-13-12(14-16-11)10-4-3-7-17-10/h3-4,7,9H,2,5-6,8H2,1H3. The maximum Gasteiger partial charge on any atom is 0.241 e. The molecule has 1 aliphatic rings. The van der Waals surface area contributed by atoms with Crippen molar-refractivity contribution in [2.45, 2.75) is 32.4 Å². The highest BCUT2D eigenvalue weighted by atomic mass is 32.1. The van der Waals surface area contributed by atoms with Crippen LogP contribution in [-0.2, 0) is 6.54 Å². The lowest BCUT2D eigenvalue weighted by atomic mass is 10.4. The summed E-state index contributed by atoms with van der Waals surface area (Å²) in [7, 11) is 0. The molecular formula is C12H15N3OS. The molecule has 2 heterocycles. The summed E-state index contributed by atoms with van der Waals surface area (Å²) in [5.41, 5.74) is 0. The molecule has 17 heavy (non-hydrogen) atoms. The third-order valence-corrected chi connectivity index (χ3v) is 3.88. The molecule has 0 spiro atoms. The summed E-state index contributed by atoms with van der Waals surface area (Å²) < 4.78 is 5.30. The molecule has 1 fully saturated rings. The summed E-state index contributed by atoms with van der Waals surface area (Å²) in [5.74, 6) is 1.43. The van der Waals surface area contributed by atoms with Gasteiger partial charge in [-0.1, -0.05) is 18.1 Å². The van der Waals surface area contributed by atoms with E-state index in [0.29, 0.717) is 5.82 Å². The summed E-state index contributed by atoms with van der Waals surface area (Å²) in [5, 5.41) is 6.05. The SMILES string of the molecule is CCN(Cc1nc(-c2cccs2)no1)C1CC1. The molecule has 0 bridgehead atoms. The Morgan fingerprint density at radius 1 is 1.53 bits per heavy atom. The fraction of sp³-hybridized carbons (Fsp3) is 0.500. The predicted molar refractivity (Wildman–Crippen MR) is 66.7 cm³/mol. The molecule has 4 nitrogen and oxygen atoms in total. The molecule has 5 heteroatoms. The van der Waals surface area contributed by atoms with E-state index in [9.17, 15) is 0 Å². The van der Waals surface area contributed by atoms with Crippen LogP contribution < -0.4 is 0 Å². The number of hydrogen-bond donors (Lipinski definition) is 0. The van der Waals surface area contributed by atoms with Crippen molar-refractivity contribution in [1.82, 2.24) is 15.0 Å². The van der Waals surface area contributed by atoms with Crippen LogP contribution in [0.1, 0.15) is 25.7 Å². The van der Waals surface area contributed by atoms with Crippen LogP contribution in [0.5, 0.6) is 0 Å². The second kappa shape index (κ2) is 4.58. The molecule has 3 rings (SSSR count). The highest BCUT2D eigenvalue weighted by molar-refractivity contribution is 7.13. The zero-order chi connectivity index (χ0) is 11.7. The fourth-order valence-corrected chi connectivity index (χ4v) is 2.59. The summed E-state index contributed by atoms with van der Waals surface area (Å²) in [6.07, 6.45) is 2.61. The quantitative estimate of drug-likeness (QED) is 0.817. The smallest absolute Gasteiger partial charge is 0.241 e. The van der Waals surface area contributed by atoms with Gasteiger partial charge in [-0.15, -0.1) is 11.3 Å². The third kappa shape index (κ3) is 2.40. The van der Waals surface area contributed by atoms with E-state index in [1.807, 2.05) is 17.5 Å². The van der Waals surface area contributed by atoms with Crippen molar-refractivity contribution in [3.8, 4) is 10.7 Å². The van der Waals surface area contributed by atoms with Gasteiger partial charge in [0.15, 0.2) is 0 Å². The molecule has 0 amide bonds. The minimum Gasteiger partial charge on any atom is -0.338 e. The van der Waals surface area contributed by atoms with Gasteiger partial charge in [-0.3, -0.25) is 4.90 Å². The Labute approximate surface area is 104 Å². The Balaban J connectivity index is 1.71. The number of hydrogen-bond acceptors (Lipinski definition) is 5. The van der Waals surface area contributed by atoms with E-state index >= 15 is 0 Å². The Bertz CT molecular complexity index is 476. The molecule has 0 N–H and O–H groups in total. The summed E-state index contributed by atoms with van der Waals surface area (Å²) in [6.45, 7) is 4.00. The molecule has 0 saturated heterocycles. The van der Waals surface area contributed by atoms with Gasteiger partial charge in [-0.25, -0.2) is 0 Å². The Hall–Kier alpha value is -1.20. The van der Waals surface area contributed by atoms with Crippen LogP contribution in [-0.4, -0.2) is 27.6 Å². The fourth-order valence-electron chi connectivity index (χ4n) is 1.94. The maximum atomic E-state index is 5.30. The van der Waals surface area contributed by atoms with Crippen molar-refractivity contribution in [2.75, 3.05) is 6.54 Å². The molecule has 1 saturated carbocycles. The van der Waals surface area contributed by atoms with Gasteiger partial charge in [0.1, 0.15) is 0 Å². The monoisotopic (exact) mass is 249 g/mol. The molecule has 2 aromatic rings. The molecule has 2 aromatic heterocycles. The first-order valence-electron chi connectivity index (χ1n) is 5.97. The first-order chi connectivity index (χ1) is 8.36. The van der Waals surface area contributed by atoms with Gasteiger partial charge in [-0.2, -0.15) is 4.98 Å². The number of aromatic nitrogens is 2. The highest BCUT2D eigenvalue weighted by Crippen LogP contribution is 2.28. The molecule has 0 radical (unpaired) electrons. The lowest BCUT2D eigenvalue weighted by Gasteiger charge is -2.16. The highest BCUT2D eigenvalue weighted by Gasteiger charge is 2.29. The average molecular weight is 249 g/mol. The van der Waals surface area contributed by atoms with Gasteiger partial charge >= 0.3 is 0 Å². The number of nitrogens with zero attached hydrogens (tertiary/aromatic N) is 3. The van der Waals surface area contributed by atoms with Gasteiger partial charge < -0.3 is 4.52 Å². The Kier molecular flexibility index (Phi) is 2.94. The van der Waals surface area contributed by atoms with Crippen LogP contribution >= 0.6 is 11.3 Å².